The van der Waals surface area contributed by atoms with Gasteiger partial charge in [0, 0.05) is 5.56 Å². The molecule has 7 heteroatoms. The third-order valence-corrected chi connectivity index (χ3v) is 4.30. The first-order valence-corrected chi connectivity index (χ1v) is 8.72. The topological polar surface area (TPSA) is 84.0 Å². The highest BCUT2D eigenvalue weighted by Crippen LogP contribution is 2.26. The number of allylic oxidation sites excluding steroid dienone is 1. The van der Waals surface area contributed by atoms with Crippen molar-refractivity contribution in [3.8, 4) is 10.6 Å². The third-order valence-electron chi connectivity index (χ3n) is 3.41. The van der Waals surface area contributed by atoms with E-state index in [-0.39, 0.29) is 11.8 Å². The summed E-state index contributed by atoms with van der Waals surface area (Å²) in [6.45, 7) is 1.75. The van der Waals surface area contributed by atoms with Gasteiger partial charge in [0.15, 0.2) is 0 Å². The summed E-state index contributed by atoms with van der Waals surface area (Å²) in [5, 5.41) is 14.7. The summed E-state index contributed by atoms with van der Waals surface area (Å²) < 4.78 is 0. The van der Waals surface area contributed by atoms with Gasteiger partial charge in [0.2, 0.25) is 11.0 Å². The number of anilines is 2. The second kappa shape index (κ2) is 8.17. The number of nitrogens with zero attached hydrogens (tertiary/aromatic N) is 2. The molecule has 1 aromatic heterocycles. The van der Waals surface area contributed by atoms with E-state index in [0.717, 1.165) is 10.6 Å². The lowest BCUT2D eigenvalue weighted by atomic mass is 10.1. The van der Waals surface area contributed by atoms with Crippen molar-refractivity contribution < 1.29 is 9.59 Å². The maximum absolute atomic E-state index is 12.6. The smallest absolute Gasteiger partial charge is 0.259 e. The number of aromatic nitrogens is 2. The summed E-state index contributed by atoms with van der Waals surface area (Å²) in [7, 11) is 0. The highest BCUT2D eigenvalue weighted by atomic mass is 32.1. The van der Waals surface area contributed by atoms with Crippen LogP contribution in [0.5, 0.6) is 0 Å². The normalized spacial score (nSPS) is 10.7. The predicted octanol–water partition coefficient (Wildman–Crippen LogP) is 3.97. The Kier molecular flexibility index (Phi) is 5.50. The van der Waals surface area contributed by atoms with Gasteiger partial charge < -0.3 is 5.32 Å². The maximum atomic E-state index is 12.6. The highest BCUT2D eigenvalue weighted by molar-refractivity contribution is 7.18. The Hall–Kier alpha value is -3.32. The van der Waals surface area contributed by atoms with Gasteiger partial charge in [-0.1, -0.05) is 59.9 Å². The minimum Gasteiger partial charge on any atom is -0.322 e. The molecule has 0 fully saturated rings. The first kappa shape index (κ1) is 17.5. The van der Waals surface area contributed by atoms with Crippen molar-refractivity contribution in [2.24, 2.45) is 0 Å². The Balaban J connectivity index is 1.77. The van der Waals surface area contributed by atoms with E-state index in [0.29, 0.717) is 16.4 Å². The lowest BCUT2D eigenvalue weighted by molar-refractivity contribution is -0.111. The molecule has 0 spiro atoms. The fourth-order valence-corrected chi connectivity index (χ4v) is 3.00. The number of nitrogens with one attached hydrogen (secondary N) is 2. The number of amides is 2. The molecular formula is C19H16N4O2S. The molecule has 0 bridgehead atoms. The minimum absolute atomic E-state index is 0.296. The van der Waals surface area contributed by atoms with Crippen molar-refractivity contribution in [2.75, 3.05) is 10.6 Å². The Morgan fingerprint density at radius 1 is 0.962 bits per heavy atom. The van der Waals surface area contributed by atoms with Gasteiger partial charge >= 0.3 is 0 Å². The van der Waals surface area contributed by atoms with Crippen molar-refractivity contribution in [1.29, 1.82) is 0 Å². The Morgan fingerprint density at radius 3 is 2.46 bits per heavy atom. The zero-order valence-electron chi connectivity index (χ0n) is 14.0. The van der Waals surface area contributed by atoms with E-state index in [1.165, 1.54) is 17.4 Å². The minimum atomic E-state index is -0.364. The van der Waals surface area contributed by atoms with Crippen molar-refractivity contribution in [3.63, 3.8) is 0 Å². The van der Waals surface area contributed by atoms with Crippen LogP contribution in [0.2, 0.25) is 0 Å². The third kappa shape index (κ3) is 4.20. The van der Waals surface area contributed by atoms with Crippen LogP contribution >= 0.6 is 11.3 Å². The van der Waals surface area contributed by atoms with Crippen molar-refractivity contribution >= 4 is 34.0 Å². The molecule has 0 atom stereocenters. The number of benzene rings is 2. The zero-order valence-corrected chi connectivity index (χ0v) is 14.8. The van der Waals surface area contributed by atoms with E-state index in [4.69, 9.17) is 0 Å². The number of hydrogen-bond donors (Lipinski definition) is 2. The molecule has 26 heavy (non-hydrogen) atoms. The van der Waals surface area contributed by atoms with E-state index >= 15 is 0 Å². The van der Waals surface area contributed by atoms with Crippen LogP contribution in [0.4, 0.5) is 10.8 Å². The summed E-state index contributed by atoms with van der Waals surface area (Å²) in [6, 6.07) is 16.4. The molecule has 1 heterocycles. The van der Waals surface area contributed by atoms with Crippen LogP contribution in [0.15, 0.2) is 66.7 Å². The summed E-state index contributed by atoms with van der Waals surface area (Å²) in [4.78, 5) is 24.3. The SMILES string of the molecule is C/C=C/C(=O)Nc1ccccc1C(=O)Nc1nnc(-c2ccccc2)s1. The Morgan fingerprint density at radius 2 is 1.69 bits per heavy atom. The van der Waals surface area contributed by atoms with Crippen molar-refractivity contribution in [3.05, 3.63) is 72.3 Å². The average Bonchev–Trinajstić information content (AvgIpc) is 3.11. The van der Waals surface area contributed by atoms with E-state index in [1.54, 1.807) is 37.3 Å². The highest BCUT2D eigenvalue weighted by Gasteiger charge is 2.15. The largest absolute Gasteiger partial charge is 0.322 e. The van der Waals surface area contributed by atoms with Crippen LogP contribution < -0.4 is 10.6 Å². The first-order chi connectivity index (χ1) is 12.7. The molecule has 0 saturated heterocycles. The molecule has 0 aliphatic heterocycles. The molecule has 0 aliphatic carbocycles. The molecule has 0 saturated carbocycles. The molecule has 3 rings (SSSR count). The van der Waals surface area contributed by atoms with E-state index in [1.807, 2.05) is 30.3 Å². The summed E-state index contributed by atoms with van der Waals surface area (Å²) >= 11 is 1.28. The van der Waals surface area contributed by atoms with Crippen LogP contribution in [-0.2, 0) is 4.79 Å². The Labute approximate surface area is 154 Å². The second-order valence-electron chi connectivity index (χ2n) is 5.27. The lowest BCUT2D eigenvalue weighted by Gasteiger charge is -2.08. The number of hydrogen-bond acceptors (Lipinski definition) is 5. The first-order valence-electron chi connectivity index (χ1n) is 7.90. The zero-order chi connectivity index (χ0) is 18.4. The standard InChI is InChI=1S/C19H16N4O2S/c1-2-8-16(24)20-15-12-7-6-11-14(15)17(25)21-19-23-22-18(26-19)13-9-4-3-5-10-13/h2-12H,1H3,(H,20,24)(H,21,23,25)/b8-2+. The van der Waals surface area contributed by atoms with Gasteiger partial charge in [-0.05, 0) is 25.1 Å². The number of para-hydroxylation sites is 1. The van der Waals surface area contributed by atoms with Crippen LogP contribution in [0.3, 0.4) is 0 Å². The lowest BCUT2D eigenvalue weighted by Crippen LogP contribution is -2.16. The molecule has 0 aliphatic rings. The van der Waals surface area contributed by atoms with Crippen molar-refractivity contribution in [2.45, 2.75) is 6.92 Å². The van der Waals surface area contributed by atoms with Crippen LogP contribution in [-0.4, -0.2) is 22.0 Å². The molecule has 2 aromatic carbocycles. The fourth-order valence-electron chi connectivity index (χ4n) is 2.25. The van der Waals surface area contributed by atoms with Gasteiger partial charge in [0.1, 0.15) is 5.01 Å². The number of carbonyl (C=O) groups is 2. The average molecular weight is 364 g/mol. The molecule has 0 radical (unpaired) electrons. The Bertz CT molecular complexity index is 951. The molecule has 2 N–H and O–H groups in total. The molecule has 2 amide bonds. The number of rotatable bonds is 5. The molecular weight excluding hydrogens is 348 g/mol. The monoisotopic (exact) mass is 364 g/mol. The van der Waals surface area contributed by atoms with Gasteiger partial charge in [-0.3, -0.25) is 14.9 Å². The van der Waals surface area contributed by atoms with Crippen molar-refractivity contribution in [1.82, 2.24) is 10.2 Å². The quantitative estimate of drug-likeness (QED) is 0.671. The van der Waals surface area contributed by atoms with Gasteiger partial charge in [-0.15, -0.1) is 10.2 Å². The summed E-state index contributed by atoms with van der Waals surface area (Å²) in [5.41, 5.74) is 1.72. The van der Waals surface area contributed by atoms with Crippen LogP contribution in [0, 0.1) is 0 Å². The van der Waals surface area contributed by atoms with Crippen LogP contribution in [0.1, 0.15) is 17.3 Å². The van der Waals surface area contributed by atoms with Gasteiger partial charge in [-0.2, -0.15) is 0 Å². The van der Waals surface area contributed by atoms with Gasteiger partial charge in [0.05, 0.1) is 11.3 Å². The second-order valence-corrected chi connectivity index (χ2v) is 6.24. The van der Waals surface area contributed by atoms with Gasteiger partial charge in [0.25, 0.3) is 5.91 Å². The molecule has 3 aromatic rings. The maximum Gasteiger partial charge on any atom is 0.259 e. The predicted molar refractivity (Wildman–Crippen MR) is 103 cm³/mol. The van der Waals surface area contributed by atoms with Gasteiger partial charge in [-0.25, -0.2) is 0 Å². The van der Waals surface area contributed by atoms with E-state index < -0.39 is 0 Å². The number of carbonyl (C=O) groups excluding carboxylic acids is 2. The van der Waals surface area contributed by atoms with E-state index in [9.17, 15) is 9.59 Å². The van der Waals surface area contributed by atoms with E-state index in [2.05, 4.69) is 20.8 Å². The molecule has 0 unspecified atom stereocenters. The molecule has 130 valence electrons. The summed E-state index contributed by atoms with van der Waals surface area (Å²) in [6.07, 6.45) is 3.02. The fraction of sp³-hybridized carbons (Fsp3) is 0.0526. The summed E-state index contributed by atoms with van der Waals surface area (Å²) in [5.74, 6) is -0.660. The molecule has 6 nitrogen and oxygen atoms in total. The van der Waals surface area contributed by atoms with Crippen LogP contribution in [0.25, 0.3) is 10.6 Å².